The number of carbonyl (C=O) groups excluding carboxylic acids is 2. The van der Waals surface area contributed by atoms with Gasteiger partial charge in [0.15, 0.2) is 0 Å². The van der Waals surface area contributed by atoms with E-state index in [2.05, 4.69) is 20.8 Å². The molecule has 0 bridgehead atoms. The zero-order valence-corrected chi connectivity index (χ0v) is 16.4. The van der Waals surface area contributed by atoms with E-state index in [9.17, 15) is 9.59 Å². The van der Waals surface area contributed by atoms with Gasteiger partial charge in [-0.15, -0.1) is 0 Å². The molecule has 0 saturated carbocycles. The molecule has 140 valence electrons. The number of allylic oxidation sites excluding steroid dienone is 2. The van der Waals surface area contributed by atoms with Crippen molar-refractivity contribution in [2.75, 3.05) is 7.11 Å². The lowest BCUT2D eigenvalue weighted by molar-refractivity contribution is -0.150. The third-order valence-corrected chi connectivity index (χ3v) is 5.50. The van der Waals surface area contributed by atoms with E-state index in [0.717, 1.165) is 12.8 Å². The van der Waals surface area contributed by atoms with Crippen LogP contribution in [0.4, 0.5) is 0 Å². The maximum absolute atomic E-state index is 12.3. The molecule has 3 atom stereocenters. The highest BCUT2D eigenvalue weighted by atomic mass is 16.6. The van der Waals surface area contributed by atoms with Crippen LogP contribution in [0.3, 0.4) is 0 Å². The Morgan fingerprint density at radius 3 is 2.48 bits per heavy atom. The Bertz CT molecular complexity index is 583. The van der Waals surface area contributed by atoms with Gasteiger partial charge in [-0.3, -0.25) is 4.79 Å². The SMILES string of the molecule is COC(=O)C1=C[C@@H]2C(=C(C)CC[C@H]2C(C)C)C[C@@H]1OC(=O)CC(C)C. The number of ether oxygens (including phenoxy) is 2. The molecule has 0 aromatic rings. The summed E-state index contributed by atoms with van der Waals surface area (Å²) in [7, 11) is 1.38. The molecule has 4 nitrogen and oxygen atoms in total. The first-order valence-corrected chi connectivity index (χ1v) is 9.42. The highest BCUT2D eigenvalue weighted by molar-refractivity contribution is 5.90. The lowest BCUT2D eigenvalue weighted by Crippen LogP contribution is -2.36. The summed E-state index contributed by atoms with van der Waals surface area (Å²) in [5, 5.41) is 0. The van der Waals surface area contributed by atoms with E-state index in [1.165, 1.54) is 18.3 Å². The molecule has 4 heteroatoms. The molecule has 0 radical (unpaired) electrons. The second-order valence-electron chi connectivity index (χ2n) is 8.17. The number of fused-ring (bicyclic) bond motifs is 1. The summed E-state index contributed by atoms with van der Waals surface area (Å²) in [6, 6.07) is 0. The standard InChI is InChI=1S/C21H32O4/c1-12(2)9-20(22)25-19-11-16-14(5)7-8-15(13(3)4)17(16)10-18(19)21(23)24-6/h10,12-13,15,17,19H,7-9,11H2,1-6H3/t15-,17-,19-/m0/s1. The maximum atomic E-state index is 12.3. The number of methoxy groups -OCH3 is 1. The Labute approximate surface area is 151 Å². The number of hydrogen-bond donors (Lipinski definition) is 0. The summed E-state index contributed by atoms with van der Waals surface area (Å²) in [4.78, 5) is 24.5. The van der Waals surface area contributed by atoms with E-state index in [1.807, 2.05) is 19.9 Å². The zero-order chi connectivity index (χ0) is 18.7. The Balaban J connectivity index is 2.35. The van der Waals surface area contributed by atoms with E-state index >= 15 is 0 Å². The average Bonchev–Trinajstić information content (AvgIpc) is 2.53. The van der Waals surface area contributed by atoms with Gasteiger partial charge in [-0.2, -0.15) is 0 Å². The average molecular weight is 348 g/mol. The quantitative estimate of drug-likeness (QED) is 0.544. The van der Waals surface area contributed by atoms with Crippen LogP contribution >= 0.6 is 0 Å². The van der Waals surface area contributed by atoms with Crippen LogP contribution in [-0.4, -0.2) is 25.2 Å². The number of hydrogen-bond acceptors (Lipinski definition) is 4. The van der Waals surface area contributed by atoms with Crippen molar-refractivity contribution in [2.45, 2.75) is 66.4 Å². The van der Waals surface area contributed by atoms with Crippen LogP contribution in [-0.2, 0) is 19.1 Å². The van der Waals surface area contributed by atoms with Crippen molar-refractivity contribution in [3.05, 3.63) is 22.8 Å². The molecule has 0 saturated heterocycles. The normalized spacial score (nSPS) is 26.4. The van der Waals surface area contributed by atoms with Gasteiger partial charge in [0.2, 0.25) is 0 Å². The molecular formula is C21H32O4. The third-order valence-electron chi connectivity index (χ3n) is 5.50. The van der Waals surface area contributed by atoms with Crippen LogP contribution in [0, 0.1) is 23.7 Å². The fourth-order valence-corrected chi connectivity index (χ4v) is 4.12. The lowest BCUT2D eigenvalue weighted by atomic mass is 9.66. The van der Waals surface area contributed by atoms with Crippen molar-refractivity contribution < 1.29 is 19.1 Å². The fourth-order valence-electron chi connectivity index (χ4n) is 4.12. The molecule has 0 unspecified atom stereocenters. The first kappa shape index (κ1) is 19.7. The molecule has 0 aromatic carbocycles. The first-order valence-electron chi connectivity index (χ1n) is 9.42. The van der Waals surface area contributed by atoms with E-state index < -0.39 is 6.10 Å². The van der Waals surface area contributed by atoms with Crippen molar-refractivity contribution in [1.82, 2.24) is 0 Å². The van der Waals surface area contributed by atoms with Gasteiger partial charge in [-0.1, -0.05) is 44.9 Å². The monoisotopic (exact) mass is 348 g/mol. The van der Waals surface area contributed by atoms with E-state index in [1.54, 1.807) is 0 Å². The predicted octanol–water partition coefficient (Wildman–Crippen LogP) is 4.45. The second kappa shape index (κ2) is 8.20. The van der Waals surface area contributed by atoms with E-state index in [0.29, 0.717) is 30.3 Å². The highest BCUT2D eigenvalue weighted by Crippen LogP contribution is 2.45. The molecule has 2 aliphatic carbocycles. The smallest absolute Gasteiger partial charge is 0.337 e. The molecule has 0 fully saturated rings. The molecule has 0 amide bonds. The van der Waals surface area contributed by atoms with E-state index in [-0.39, 0.29) is 23.8 Å². The molecule has 0 heterocycles. The number of rotatable bonds is 5. The van der Waals surface area contributed by atoms with Crippen LogP contribution in [0.2, 0.25) is 0 Å². The first-order chi connectivity index (χ1) is 11.7. The summed E-state index contributed by atoms with van der Waals surface area (Å²) < 4.78 is 10.7. The second-order valence-corrected chi connectivity index (χ2v) is 8.17. The Hall–Kier alpha value is -1.58. The summed E-state index contributed by atoms with van der Waals surface area (Å²) >= 11 is 0. The Kier molecular flexibility index (Phi) is 6.47. The summed E-state index contributed by atoms with van der Waals surface area (Å²) in [5.41, 5.74) is 3.24. The van der Waals surface area contributed by atoms with Crippen molar-refractivity contribution in [1.29, 1.82) is 0 Å². The van der Waals surface area contributed by atoms with Crippen molar-refractivity contribution >= 4 is 11.9 Å². The largest absolute Gasteiger partial charge is 0.466 e. The van der Waals surface area contributed by atoms with Crippen LogP contribution in [0.5, 0.6) is 0 Å². The molecular weight excluding hydrogens is 316 g/mol. The van der Waals surface area contributed by atoms with Crippen LogP contribution in [0.1, 0.15) is 60.3 Å². The molecule has 2 rings (SSSR count). The van der Waals surface area contributed by atoms with Gasteiger partial charge in [0.25, 0.3) is 0 Å². The third kappa shape index (κ3) is 4.53. The van der Waals surface area contributed by atoms with Crippen LogP contribution in [0.15, 0.2) is 22.8 Å². The van der Waals surface area contributed by atoms with Gasteiger partial charge in [0.05, 0.1) is 12.7 Å². The molecule has 0 N–H and O–H groups in total. The minimum Gasteiger partial charge on any atom is -0.466 e. The van der Waals surface area contributed by atoms with Crippen molar-refractivity contribution in [3.63, 3.8) is 0 Å². The van der Waals surface area contributed by atoms with Gasteiger partial charge in [0, 0.05) is 18.8 Å². The Morgan fingerprint density at radius 2 is 1.92 bits per heavy atom. The molecule has 2 aliphatic rings. The Morgan fingerprint density at radius 1 is 1.24 bits per heavy atom. The summed E-state index contributed by atoms with van der Waals surface area (Å²) in [6.45, 7) is 10.6. The van der Waals surface area contributed by atoms with E-state index in [4.69, 9.17) is 9.47 Å². The highest BCUT2D eigenvalue weighted by Gasteiger charge is 2.39. The lowest BCUT2D eigenvalue weighted by Gasteiger charge is -2.40. The molecule has 0 aliphatic heterocycles. The summed E-state index contributed by atoms with van der Waals surface area (Å²) in [5.74, 6) is 0.919. The van der Waals surface area contributed by atoms with Crippen LogP contribution < -0.4 is 0 Å². The fraction of sp³-hybridized carbons (Fsp3) is 0.714. The number of carbonyl (C=O) groups is 2. The predicted molar refractivity (Wildman–Crippen MR) is 97.8 cm³/mol. The van der Waals surface area contributed by atoms with Crippen molar-refractivity contribution in [2.24, 2.45) is 23.7 Å². The topological polar surface area (TPSA) is 52.6 Å². The van der Waals surface area contributed by atoms with Crippen molar-refractivity contribution in [3.8, 4) is 0 Å². The molecule has 25 heavy (non-hydrogen) atoms. The zero-order valence-electron chi connectivity index (χ0n) is 16.4. The minimum atomic E-state index is -0.522. The molecule has 0 aromatic heterocycles. The summed E-state index contributed by atoms with van der Waals surface area (Å²) in [6.07, 6.45) is 4.70. The van der Waals surface area contributed by atoms with Gasteiger partial charge in [-0.05, 0) is 37.5 Å². The van der Waals surface area contributed by atoms with Gasteiger partial charge in [-0.25, -0.2) is 4.79 Å². The van der Waals surface area contributed by atoms with Gasteiger partial charge in [0.1, 0.15) is 6.10 Å². The van der Waals surface area contributed by atoms with Gasteiger partial charge >= 0.3 is 11.9 Å². The molecule has 0 spiro atoms. The minimum absolute atomic E-state index is 0.232. The van der Waals surface area contributed by atoms with Gasteiger partial charge < -0.3 is 9.47 Å². The maximum Gasteiger partial charge on any atom is 0.337 e. The number of esters is 2. The van der Waals surface area contributed by atoms with Crippen LogP contribution in [0.25, 0.3) is 0 Å².